The fourth-order valence-electron chi connectivity index (χ4n) is 2.39. The Morgan fingerprint density at radius 1 is 1.00 bits per heavy atom. The van der Waals surface area contributed by atoms with E-state index in [4.69, 9.17) is 0 Å². The topological polar surface area (TPSA) is 15.3 Å². The van der Waals surface area contributed by atoms with Gasteiger partial charge in [-0.3, -0.25) is 4.90 Å². The van der Waals surface area contributed by atoms with Crippen molar-refractivity contribution >= 4 is 15.9 Å². The number of rotatable bonds is 7. The van der Waals surface area contributed by atoms with Gasteiger partial charge in [0.25, 0.3) is 0 Å². The molecule has 2 aromatic carbocycles. The molecule has 0 unspecified atom stereocenters. The maximum Gasteiger partial charge on any atom is 0.0245 e. The third kappa shape index (κ3) is 5.27. The Labute approximate surface area is 136 Å². The van der Waals surface area contributed by atoms with Gasteiger partial charge in [0.15, 0.2) is 0 Å². The van der Waals surface area contributed by atoms with E-state index in [1.165, 1.54) is 21.2 Å². The lowest BCUT2D eigenvalue weighted by molar-refractivity contribution is 0.318. The van der Waals surface area contributed by atoms with Gasteiger partial charge in [-0.25, -0.2) is 0 Å². The molecule has 0 bridgehead atoms. The van der Waals surface area contributed by atoms with Crippen molar-refractivity contribution in [1.29, 1.82) is 0 Å². The van der Waals surface area contributed by atoms with Crippen LogP contribution in [0.25, 0.3) is 0 Å². The highest BCUT2D eigenvalue weighted by Gasteiger charge is 2.05. The molecule has 0 saturated heterocycles. The van der Waals surface area contributed by atoms with Gasteiger partial charge in [0.2, 0.25) is 0 Å². The molecule has 0 atom stereocenters. The van der Waals surface area contributed by atoms with Crippen LogP contribution in [0.15, 0.2) is 53.0 Å². The van der Waals surface area contributed by atoms with Gasteiger partial charge in [-0.05, 0) is 36.3 Å². The molecule has 0 spiro atoms. The van der Waals surface area contributed by atoms with Crippen molar-refractivity contribution in [2.75, 3.05) is 13.6 Å². The molecule has 112 valence electrons. The van der Waals surface area contributed by atoms with Crippen molar-refractivity contribution in [3.05, 3.63) is 69.7 Å². The number of nitrogens with one attached hydrogen (secondary N) is 1. The van der Waals surface area contributed by atoms with Crippen LogP contribution >= 0.6 is 15.9 Å². The average molecular weight is 347 g/mol. The Hall–Kier alpha value is -1.16. The van der Waals surface area contributed by atoms with Crippen molar-refractivity contribution in [3.8, 4) is 0 Å². The van der Waals surface area contributed by atoms with Gasteiger partial charge in [0.05, 0.1) is 0 Å². The molecular formula is C18H23BrN2. The van der Waals surface area contributed by atoms with E-state index < -0.39 is 0 Å². The highest BCUT2D eigenvalue weighted by molar-refractivity contribution is 9.10. The molecule has 0 fully saturated rings. The molecule has 0 aromatic heterocycles. The van der Waals surface area contributed by atoms with Crippen molar-refractivity contribution in [2.24, 2.45) is 0 Å². The molecule has 0 aliphatic rings. The fraction of sp³-hybridized carbons (Fsp3) is 0.333. The third-order valence-electron chi connectivity index (χ3n) is 3.42. The van der Waals surface area contributed by atoms with Gasteiger partial charge in [-0.1, -0.05) is 65.3 Å². The molecule has 0 aliphatic heterocycles. The zero-order valence-electron chi connectivity index (χ0n) is 12.8. The second-order valence-electron chi connectivity index (χ2n) is 5.36. The minimum Gasteiger partial charge on any atom is -0.313 e. The zero-order chi connectivity index (χ0) is 15.1. The Kier molecular flexibility index (Phi) is 6.43. The first kappa shape index (κ1) is 16.2. The van der Waals surface area contributed by atoms with E-state index in [0.717, 1.165) is 26.2 Å². The Morgan fingerprint density at radius 2 is 1.76 bits per heavy atom. The lowest BCUT2D eigenvalue weighted by atomic mass is 10.1. The van der Waals surface area contributed by atoms with Gasteiger partial charge >= 0.3 is 0 Å². The highest BCUT2D eigenvalue weighted by Crippen LogP contribution is 2.18. The number of nitrogens with zero attached hydrogens (tertiary/aromatic N) is 1. The summed E-state index contributed by atoms with van der Waals surface area (Å²) in [6, 6.07) is 17.2. The van der Waals surface area contributed by atoms with E-state index >= 15 is 0 Å². The smallest absolute Gasteiger partial charge is 0.0245 e. The van der Waals surface area contributed by atoms with E-state index in [0.29, 0.717) is 0 Å². The zero-order valence-corrected chi connectivity index (χ0v) is 14.4. The maximum absolute atomic E-state index is 3.62. The summed E-state index contributed by atoms with van der Waals surface area (Å²) in [4.78, 5) is 2.34. The summed E-state index contributed by atoms with van der Waals surface area (Å²) in [5.74, 6) is 0. The Bertz CT molecular complexity index is 569. The fourth-order valence-corrected chi connectivity index (χ4v) is 2.80. The van der Waals surface area contributed by atoms with Gasteiger partial charge in [0, 0.05) is 24.1 Å². The third-order valence-corrected chi connectivity index (χ3v) is 4.19. The van der Waals surface area contributed by atoms with E-state index in [1.54, 1.807) is 0 Å². The molecule has 0 amide bonds. The Morgan fingerprint density at radius 3 is 2.52 bits per heavy atom. The van der Waals surface area contributed by atoms with Crippen LogP contribution in [0, 0.1) is 0 Å². The van der Waals surface area contributed by atoms with E-state index in [2.05, 4.69) is 88.6 Å². The SMILES string of the molecule is CCNCc1cccc(CN(C)Cc2ccccc2Br)c1. The second-order valence-corrected chi connectivity index (χ2v) is 6.22. The summed E-state index contributed by atoms with van der Waals surface area (Å²) in [5, 5.41) is 3.37. The highest BCUT2D eigenvalue weighted by atomic mass is 79.9. The maximum atomic E-state index is 3.62. The van der Waals surface area contributed by atoms with Crippen molar-refractivity contribution in [2.45, 2.75) is 26.6 Å². The molecule has 1 N–H and O–H groups in total. The van der Waals surface area contributed by atoms with Gasteiger partial charge in [-0.2, -0.15) is 0 Å². The molecule has 2 aromatic rings. The van der Waals surface area contributed by atoms with E-state index in [9.17, 15) is 0 Å². The molecule has 0 radical (unpaired) electrons. The normalized spacial score (nSPS) is 11.0. The van der Waals surface area contributed by atoms with Crippen LogP contribution in [-0.4, -0.2) is 18.5 Å². The molecule has 0 aliphatic carbocycles. The van der Waals surface area contributed by atoms with Gasteiger partial charge < -0.3 is 5.32 Å². The lowest BCUT2D eigenvalue weighted by Gasteiger charge is -2.18. The van der Waals surface area contributed by atoms with Crippen LogP contribution in [0.1, 0.15) is 23.6 Å². The predicted octanol–water partition coefficient (Wildman–Crippen LogP) is 4.19. The van der Waals surface area contributed by atoms with E-state index in [1.807, 2.05) is 0 Å². The predicted molar refractivity (Wildman–Crippen MR) is 93.1 cm³/mol. The number of halogens is 1. The van der Waals surface area contributed by atoms with Crippen molar-refractivity contribution < 1.29 is 0 Å². The largest absolute Gasteiger partial charge is 0.313 e. The molecular weight excluding hydrogens is 324 g/mol. The van der Waals surface area contributed by atoms with Crippen LogP contribution in [-0.2, 0) is 19.6 Å². The van der Waals surface area contributed by atoms with Crippen LogP contribution in [0.2, 0.25) is 0 Å². The number of hydrogen-bond acceptors (Lipinski definition) is 2. The minimum absolute atomic E-state index is 0.943. The lowest BCUT2D eigenvalue weighted by Crippen LogP contribution is -2.18. The summed E-state index contributed by atoms with van der Waals surface area (Å²) >= 11 is 3.62. The summed E-state index contributed by atoms with van der Waals surface area (Å²) in [6.45, 7) is 5.99. The van der Waals surface area contributed by atoms with E-state index in [-0.39, 0.29) is 0 Å². The first-order valence-electron chi connectivity index (χ1n) is 7.39. The van der Waals surface area contributed by atoms with Crippen molar-refractivity contribution in [3.63, 3.8) is 0 Å². The number of benzene rings is 2. The summed E-state index contributed by atoms with van der Waals surface area (Å²) in [6.07, 6.45) is 0. The van der Waals surface area contributed by atoms with Gasteiger partial charge in [0.1, 0.15) is 0 Å². The molecule has 0 heterocycles. The summed E-state index contributed by atoms with van der Waals surface area (Å²) in [7, 11) is 2.16. The van der Waals surface area contributed by atoms with Crippen molar-refractivity contribution in [1.82, 2.24) is 10.2 Å². The minimum atomic E-state index is 0.943. The number of hydrogen-bond donors (Lipinski definition) is 1. The average Bonchev–Trinajstić information content (AvgIpc) is 2.48. The van der Waals surface area contributed by atoms with Crippen LogP contribution in [0.5, 0.6) is 0 Å². The second kappa shape index (κ2) is 8.32. The summed E-state index contributed by atoms with van der Waals surface area (Å²) < 4.78 is 1.18. The van der Waals surface area contributed by atoms with Gasteiger partial charge in [-0.15, -0.1) is 0 Å². The molecule has 2 rings (SSSR count). The molecule has 21 heavy (non-hydrogen) atoms. The Balaban J connectivity index is 1.96. The standard InChI is InChI=1S/C18H23BrN2/c1-3-20-12-15-7-6-8-16(11-15)13-21(2)14-17-9-4-5-10-18(17)19/h4-11,20H,3,12-14H2,1-2H3. The van der Waals surface area contributed by atoms with Crippen LogP contribution in [0.3, 0.4) is 0 Å². The van der Waals surface area contributed by atoms with Crippen LogP contribution in [0.4, 0.5) is 0 Å². The summed E-state index contributed by atoms with van der Waals surface area (Å²) in [5.41, 5.74) is 4.03. The molecule has 0 saturated carbocycles. The molecule has 3 heteroatoms. The molecule has 2 nitrogen and oxygen atoms in total. The first-order chi connectivity index (χ1) is 10.2. The quantitative estimate of drug-likeness (QED) is 0.808. The van der Waals surface area contributed by atoms with Crippen LogP contribution < -0.4 is 5.32 Å². The monoisotopic (exact) mass is 346 g/mol. The first-order valence-corrected chi connectivity index (χ1v) is 8.19.